The van der Waals surface area contributed by atoms with Crippen molar-refractivity contribution in [3.05, 3.63) is 24.3 Å². The highest BCUT2D eigenvalue weighted by atomic mass is 79.9. The Morgan fingerprint density at radius 1 is 1.44 bits per heavy atom. The molecule has 96 valence electrons. The first-order valence-corrected chi connectivity index (χ1v) is 5.17. The number of carbonyl (C=O) groups excluding carboxylic acids is 1. The Bertz CT molecular complexity index is 213. The van der Waals surface area contributed by atoms with Crippen molar-refractivity contribution in [1.29, 1.82) is 0 Å². The summed E-state index contributed by atoms with van der Waals surface area (Å²) in [5.74, 6) is -0.316. The molecule has 0 rings (SSSR count). The average Bonchev–Trinajstić information content (AvgIpc) is 2.14. The van der Waals surface area contributed by atoms with Crippen molar-refractivity contribution in [2.75, 3.05) is 20.6 Å². The van der Waals surface area contributed by atoms with Crippen molar-refractivity contribution >= 4 is 22.9 Å². The van der Waals surface area contributed by atoms with Gasteiger partial charge in [0, 0.05) is 12.1 Å². The molecule has 0 spiro atoms. The molecule has 0 aliphatic carbocycles. The Kier molecular flexibility index (Phi) is 18.7. The molecular formula is C12H25BrN2O. The summed E-state index contributed by atoms with van der Waals surface area (Å²) >= 11 is 0. The van der Waals surface area contributed by atoms with Gasteiger partial charge in [0.15, 0.2) is 0 Å². The summed E-state index contributed by atoms with van der Waals surface area (Å²) in [7, 11) is 4.03. The van der Waals surface area contributed by atoms with Crippen LogP contribution in [0.1, 0.15) is 26.7 Å². The van der Waals surface area contributed by atoms with Crippen molar-refractivity contribution in [3.63, 3.8) is 0 Å². The predicted octanol–water partition coefficient (Wildman–Crippen LogP) is 2.53. The first-order valence-electron chi connectivity index (χ1n) is 5.17. The van der Waals surface area contributed by atoms with Gasteiger partial charge in [0.2, 0.25) is 5.91 Å². The topological polar surface area (TPSA) is 46.3 Å². The molecule has 1 amide bonds. The largest absolute Gasteiger partial charge is 0.366 e. The Hall–Kier alpha value is -0.610. The van der Waals surface area contributed by atoms with Crippen LogP contribution in [0.4, 0.5) is 0 Å². The van der Waals surface area contributed by atoms with Gasteiger partial charge in [-0.3, -0.25) is 4.79 Å². The molecule has 0 bridgehead atoms. The molecule has 0 atom stereocenters. The lowest BCUT2D eigenvalue weighted by Gasteiger charge is -2.01. The number of allylic oxidation sites excluding steroid dienone is 1. The fourth-order valence-electron chi connectivity index (χ4n) is 0.720. The molecule has 0 fully saturated rings. The molecule has 0 aromatic rings. The maximum absolute atomic E-state index is 10.4. The lowest BCUT2D eigenvalue weighted by molar-refractivity contribution is -0.114. The van der Waals surface area contributed by atoms with Gasteiger partial charge >= 0.3 is 0 Å². The highest BCUT2D eigenvalue weighted by Gasteiger charge is 1.93. The number of hydrogen-bond acceptors (Lipinski definition) is 2. The summed E-state index contributed by atoms with van der Waals surface area (Å²) in [5, 5.41) is 0. The molecule has 0 unspecified atom stereocenters. The summed E-state index contributed by atoms with van der Waals surface area (Å²) in [6.07, 6.45) is 5.74. The number of likely N-dealkylation sites (N-methyl/N-ethyl adjacent to an activating group) is 1. The Morgan fingerprint density at radius 3 is 2.12 bits per heavy atom. The monoisotopic (exact) mass is 292 g/mol. The second kappa shape index (κ2) is 14.4. The quantitative estimate of drug-likeness (QED) is 0.625. The first kappa shape index (κ1) is 20.8. The van der Waals surface area contributed by atoms with E-state index in [-0.39, 0.29) is 22.9 Å². The SMILES string of the molecule is Br.C=CCN(C)C.CCCC=C(C)C(N)=O. The summed E-state index contributed by atoms with van der Waals surface area (Å²) in [6.45, 7) is 8.33. The van der Waals surface area contributed by atoms with Crippen LogP contribution in [0.2, 0.25) is 0 Å². The molecule has 0 aromatic carbocycles. The number of primary amides is 1. The van der Waals surface area contributed by atoms with Gasteiger partial charge in [-0.1, -0.05) is 25.5 Å². The molecule has 4 heteroatoms. The van der Waals surface area contributed by atoms with Crippen LogP contribution in [-0.4, -0.2) is 31.4 Å². The zero-order chi connectivity index (χ0) is 12.3. The van der Waals surface area contributed by atoms with E-state index in [2.05, 4.69) is 18.4 Å². The molecule has 0 aliphatic rings. The standard InChI is InChI=1S/C7H13NO.C5H11N.BrH/c1-3-4-5-6(2)7(8)9;1-4-5-6(2)3;/h5H,3-4H2,1-2H3,(H2,8,9);4H,1,5H2,2-3H3;1H. The maximum atomic E-state index is 10.4. The molecule has 3 nitrogen and oxygen atoms in total. The number of amides is 1. The van der Waals surface area contributed by atoms with Crippen molar-refractivity contribution in [1.82, 2.24) is 4.90 Å². The lowest BCUT2D eigenvalue weighted by atomic mass is 10.2. The van der Waals surface area contributed by atoms with E-state index in [0.29, 0.717) is 5.57 Å². The van der Waals surface area contributed by atoms with E-state index in [0.717, 1.165) is 19.4 Å². The number of nitrogens with two attached hydrogens (primary N) is 1. The van der Waals surface area contributed by atoms with Gasteiger partial charge in [-0.25, -0.2) is 0 Å². The van der Waals surface area contributed by atoms with Gasteiger partial charge < -0.3 is 10.6 Å². The van der Waals surface area contributed by atoms with Crippen molar-refractivity contribution in [2.45, 2.75) is 26.7 Å². The lowest BCUT2D eigenvalue weighted by Crippen LogP contribution is -2.11. The van der Waals surface area contributed by atoms with Crippen molar-refractivity contribution in [3.8, 4) is 0 Å². The molecule has 2 N–H and O–H groups in total. The molecule has 0 aromatic heterocycles. The first-order chi connectivity index (χ1) is 6.95. The van der Waals surface area contributed by atoms with E-state index < -0.39 is 0 Å². The molecule has 0 aliphatic heterocycles. The van der Waals surface area contributed by atoms with E-state index in [1.807, 2.05) is 26.2 Å². The number of unbranched alkanes of at least 4 members (excludes halogenated alkanes) is 1. The third-order valence-corrected chi connectivity index (χ3v) is 1.62. The second-order valence-electron chi connectivity index (χ2n) is 3.59. The van der Waals surface area contributed by atoms with Crippen molar-refractivity contribution < 1.29 is 4.79 Å². The summed E-state index contributed by atoms with van der Waals surface area (Å²) in [5.41, 5.74) is 5.63. The fraction of sp³-hybridized carbons (Fsp3) is 0.583. The molecule has 0 saturated heterocycles. The minimum absolute atomic E-state index is 0. The van der Waals surface area contributed by atoms with Crippen LogP contribution in [0.25, 0.3) is 0 Å². The number of hydrogen-bond donors (Lipinski definition) is 1. The van der Waals surface area contributed by atoms with Crippen LogP contribution in [0, 0.1) is 0 Å². The normalized spacial score (nSPS) is 9.94. The van der Waals surface area contributed by atoms with Crippen LogP contribution in [0.5, 0.6) is 0 Å². The number of carbonyl (C=O) groups is 1. The smallest absolute Gasteiger partial charge is 0.244 e. The van der Waals surface area contributed by atoms with Gasteiger partial charge in [-0.15, -0.1) is 23.6 Å². The fourth-order valence-corrected chi connectivity index (χ4v) is 0.720. The number of halogens is 1. The van der Waals surface area contributed by atoms with Crippen LogP contribution in [0.15, 0.2) is 24.3 Å². The van der Waals surface area contributed by atoms with Gasteiger partial charge in [-0.2, -0.15) is 0 Å². The zero-order valence-electron chi connectivity index (χ0n) is 10.8. The minimum atomic E-state index is -0.316. The Balaban J connectivity index is -0.000000214. The van der Waals surface area contributed by atoms with Gasteiger partial charge in [0.25, 0.3) is 0 Å². The average molecular weight is 293 g/mol. The van der Waals surface area contributed by atoms with Gasteiger partial charge in [0.1, 0.15) is 0 Å². The van der Waals surface area contributed by atoms with Crippen LogP contribution >= 0.6 is 17.0 Å². The highest BCUT2D eigenvalue weighted by molar-refractivity contribution is 8.93. The molecular weight excluding hydrogens is 268 g/mol. The number of rotatable bonds is 5. The van der Waals surface area contributed by atoms with E-state index in [4.69, 9.17) is 5.73 Å². The Morgan fingerprint density at radius 2 is 1.94 bits per heavy atom. The van der Waals surface area contributed by atoms with Crippen LogP contribution in [-0.2, 0) is 4.79 Å². The van der Waals surface area contributed by atoms with E-state index in [9.17, 15) is 4.79 Å². The Labute approximate surface area is 110 Å². The summed E-state index contributed by atoms with van der Waals surface area (Å²) in [4.78, 5) is 12.4. The molecule has 0 heterocycles. The number of nitrogens with zero attached hydrogens (tertiary/aromatic N) is 1. The zero-order valence-corrected chi connectivity index (χ0v) is 12.5. The molecule has 0 radical (unpaired) electrons. The van der Waals surface area contributed by atoms with Gasteiger partial charge in [-0.05, 0) is 27.4 Å². The third-order valence-electron chi connectivity index (χ3n) is 1.62. The second-order valence-corrected chi connectivity index (χ2v) is 3.59. The van der Waals surface area contributed by atoms with Crippen LogP contribution < -0.4 is 5.73 Å². The predicted molar refractivity (Wildman–Crippen MR) is 76.9 cm³/mol. The van der Waals surface area contributed by atoms with Crippen molar-refractivity contribution in [2.24, 2.45) is 5.73 Å². The van der Waals surface area contributed by atoms with Gasteiger partial charge in [0.05, 0.1) is 0 Å². The van der Waals surface area contributed by atoms with E-state index in [1.54, 1.807) is 6.92 Å². The highest BCUT2D eigenvalue weighted by Crippen LogP contribution is 1.95. The molecule has 0 saturated carbocycles. The molecule has 16 heavy (non-hydrogen) atoms. The van der Waals surface area contributed by atoms with Crippen LogP contribution in [0.3, 0.4) is 0 Å². The summed E-state index contributed by atoms with van der Waals surface area (Å²) < 4.78 is 0. The van der Waals surface area contributed by atoms with E-state index in [1.165, 1.54) is 0 Å². The third kappa shape index (κ3) is 19.0. The summed E-state index contributed by atoms with van der Waals surface area (Å²) in [6, 6.07) is 0. The minimum Gasteiger partial charge on any atom is -0.366 e. The van der Waals surface area contributed by atoms with E-state index >= 15 is 0 Å². The maximum Gasteiger partial charge on any atom is 0.244 e.